The molecule has 64 heavy (non-hydrogen) atoms. The number of nitrogens with zero attached hydrogens (tertiary/aromatic N) is 2. The maximum absolute atomic E-state index is 2.75. The number of anilines is 6. The number of aryl methyl sites for hydroxylation is 2. The van der Waals surface area contributed by atoms with Crippen LogP contribution >= 0.6 is 0 Å². The third kappa shape index (κ3) is 6.48. The Balaban J connectivity index is 1.38. The van der Waals surface area contributed by atoms with Gasteiger partial charge in [0, 0.05) is 34.1 Å². The summed E-state index contributed by atoms with van der Waals surface area (Å²) in [6.45, 7) is 38.7. The minimum atomic E-state index is -0.0980. The highest BCUT2D eigenvalue weighted by Crippen LogP contribution is 2.55. The van der Waals surface area contributed by atoms with Crippen molar-refractivity contribution >= 4 is 57.2 Å². The van der Waals surface area contributed by atoms with Crippen molar-refractivity contribution in [2.75, 3.05) is 9.80 Å². The molecule has 10 rings (SSSR count). The molecule has 328 valence electrons. The quantitative estimate of drug-likeness (QED) is 0.164. The zero-order valence-corrected chi connectivity index (χ0v) is 41.9. The van der Waals surface area contributed by atoms with Crippen LogP contribution in [0, 0.1) is 13.8 Å². The fraction of sp³-hybridized carbons (Fsp3) is 0.410. The molecule has 0 fully saturated rings. The topological polar surface area (TPSA) is 6.48 Å². The Morgan fingerprint density at radius 3 is 1.53 bits per heavy atom. The normalized spacial score (nSPS) is 18.5. The van der Waals surface area contributed by atoms with Crippen molar-refractivity contribution in [2.45, 2.75) is 163 Å². The molecule has 2 heterocycles. The molecular formula is C61H71BN2. The molecule has 0 spiro atoms. The molecule has 0 saturated heterocycles. The molecule has 6 aromatic carbocycles. The highest BCUT2D eigenvalue weighted by Gasteiger charge is 2.49. The lowest BCUT2D eigenvalue weighted by Gasteiger charge is -2.47. The van der Waals surface area contributed by atoms with Crippen LogP contribution in [-0.2, 0) is 32.5 Å². The van der Waals surface area contributed by atoms with Gasteiger partial charge in [-0.3, -0.25) is 0 Å². The van der Waals surface area contributed by atoms with Crippen molar-refractivity contribution in [2.24, 2.45) is 0 Å². The molecule has 0 unspecified atom stereocenters. The summed E-state index contributed by atoms with van der Waals surface area (Å²) in [6, 6.07) is 41.3. The molecule has 0 aromatic heterocycles. The van der Waals surface area contributed by atoms with Gasteiger partial charge in [0.1, 0.15) is 0 Å². The minimum Gasteiger partial charge on any atom is -0.311 e. The lowest BCUT2D eigenvalue weighted by atomic mass is 9.33. The van der Waals surface area contributed by atoms with Gasteiger partial charge in [0.25, 0.3) is 6.71 Å². The molecule has 4 aliphatic rings. The fourth-order valence-corrected chi connectivity index (χ4v) is 12.5. The van der Waals surface area contributed by atoms with Crippen LogP contribution in [0.4, 0.5) is 34.1 Å². The predicted molar refractivity (Wildman–Crippen MR) is 279 cm³/mol. The van der Waals surface area contributed by atoms with E-state index < -0.39 is 0 Å². The van der Waals surface area contributed by atoms with Crippen LogP contribution < -0.4 is 26.2 Å². The SMILES string of the molecule is Cc1ccc(C(C)(C)C)cc1N1c2ccc(-c3ccccc3)cc2B2c3cc4c(cc3N(c3cc5c(cc3C)C(C)(C)CCC5(C)C)c3cc(C(C)(C)C)cc1c32)C(C)(C)CC4(C)C. The molecule has 3 heteroatoms. The lowest BCUT2D eigenvalue weighted by Crippen LogP contribution is -2.61. The molecule has 2 nitrogen and oxygen atoms in total. The fourth-order valence-electron chi connectivity index (χ4n) is 12.5. The summed E-state index contributed by atoms with van der Waals surface area (Å²) in [5.74, 6) is 0. The third-order valence-corrected chi connectivity index (χ3v) is 16.2. The molecule has 0 radical (unpaired) electrons. The van der Waals surface area contributed by atoms with Crippen LogP contribution in [-0.4, -0.2) is 6.71 Å². The Morgan fingerprint density at radius 2 is 0.922 bits per heavy atom. The minimum absolute atomic E-state index is 0.00350. The van der Waals surface area contributed by atoms with E-state index >= 15 is 0 Å². The summed E-state index contributed by atoms with van der Waals surface area (Å²) in [7, 11) is 0. The molecule has 0 atom stereocenters. The van der Waals surface area contributed by atoms with E-state index in [4.69, 9.17) is 0 Å². The third-order valence-electron chi connectivity index (χ3n) is 16.2. The molecule has 0 bridgehead atoms. The first-order chi connectivity index (χ1) is 29.8. The van der Waals surface area contributed by atoms with Crippen molar-refractivity contribution in [3.8, 4) is 11.1 Å². The van der Waals surface area contributed by atoms with Gasteiger partial charge in [0.05, 0.1) is 0 Å². The van der Waals surface area contributed by atoms with Gasteiger partial charge in [-0.1, -0.05) is 164 Å². The van der Waals surface area contributed by atoms with E-state index in [0.29, 0.717) is 0 Å². The number of rotatable bonds is 3. The van der Waals surface area contributed by atoms with Gasteiger partial charge in [0.2, 0.25) is 0 Å². The Kier molecular flexibility index (Phi) is 9.22. The van der Waals surface area contributed by atoms with Gasteiger partial charge in [-0.25, -0.2) is 0 Å². The van der Waals surface area contributed by atoms with Crippen molar-refractivity contribution in [1.82, 2.24) is 0 Å². The van der Waals surface area contributed by atoms with Gasteiger partial charge in [-0.05, 0) is 174 Å². The molecule has 6 aromatic rings. The van der Waals surface area contributed by atoms with Crippen molar-refractivity contribution in [3.05, 3.63) is 148 Å². The van der Waals surface area contributed by atoms with E-state index in [1.165, 1.54) is 119 Å². The molecule has 2 aliphatic heterocycles. The Hall–Kier alpha value is -5.02. The van der Waals surface area contributed by atoms with Crippen LogP contribution in [0.2, 0.25) is 0 Å². The maximum Gasteiger partial charge on any atom is 0.252 e. The summed E-state index contributed by atoms with van der Waals surface area (Å²) in [5.41, 5.74) is 26.1. The Labute approximate surface area is 386 Å². The van der Waals surface area contributed by atoms with E-state index in [1.807, 2.05) is 0 Å². The first kappa shape index (κ1) is 42.9. The van der Waals surface area contributed by atoms with Gasteiger partial charge in [0.15, 0.2) is 0 Å². The standard InChI is InChI=1S/C61H71BN2/c1-37-22-24-41(56(3,4)5)30-50(37)63-49-25-23-40(39-20-18-17-19-21-39)29-47(49)62-48-33-44-46(61(15,16)36-60(44,13)14)35-52(48)64(54-32-42(57(6,7)8)31-53(63)55(54)62)51-34-45-43(28-38(51)2)58(9,10)26-27-59(45,11)12/h17-25,28-35H,26-27,36H2,1-16H3. The lowest BCUT2D eigenvalue weighted by molar-refractivity contribution is 0.332. The van der Waals surface area contributed by atoms with Gasteiger partial charge in [-0.15, -0.1) is 0 Å². The number of fused-ring (bicyclic) bond motifs is 6. The first-order valence-electron chi connectivity index (χ1n) is 24.2. The summed E-state index contributed by atoms with van der Waals surface area (Å²) >= 11 is 0. The number of benzene rings is 6. The van der Waals surface area contributed by atoms with Gasteiger partial charge in [-0.2, -0.15) is 0 Å². The summed E-state index contributed by atoms with van der Waals surface area (Å²) in [6.07, 6.45) is 3.51. The zero-order valence-electron chi connectivity index (χ0n) is 41.9. The molecule has 0 saturated carbocycles. The molecular weight excluding hydrogens is 771 g/mol. The number of hydrogen-bond donors (Lipinski definition) is 0. The highest BCUT2D eigenvalue weighted by atomic mass is 15.2. The maximum atomic E-state index is 2.75. The van der Waals surface area contributed by atoms with Gasteiger partial charge < -0.3 is 9.80 Å². The largest absolute Gasteiger partial charge is 0.311 e. The molecule has 0 N–H and O–H groups in total. The highest BCUT2D eigenvalue weighted by molar-refractivity contribution is 7.00. The van der Waals surface area contributed by atoms with Crippen molar-refractivity contribution in [1.29, 1.82) is 0 Å². The second kappa shape index (κ2) is 13.8. The van der Waals surface area contributed by atoms with Crippen LogP contribution in [0.5, 0.6) is 0 Å². The van der Waals surface area contributed by atoms with E-state index in [-0.39, 0.29) is 39.2 Å². The van der Waals surface area contributed by atoms with Gasteiger partial charge >= 0.3 is 0 Å². The monoisotopic (exact) mass is 843 g/mol. The van der Waals surface area contributed by atoms with Crippen molar-refractivity contribution < 1.29 is 0 Å². The average Bonchev–Trinajstić information content (AvgIpc) is 3.40. The Bertz CT molecular complexity index is 2910. The van der Waals surface area contributed by atoms with E-state index in [2.05, 4.69) is 224 Å². The summed E-state index contributed by atoms with van der Waals surface area (Å²) < 4.78 is 0. The van der Waals surface area contributed by atoms with E-state index in [9.17, 15) is 0 Å². The van der Waals surface area contributed by atoms with Crippen LogP contribution in [0.1, 0.15) is 161 Å². The average molecular weight is 843 g/mol. The smallest absolute Gasteiger partial charge is 0.252 e. The first-order valence-corrected chi connectivity index (χ1v) is 24.2. The second-order valence-corrected chi connectivity index (χ2v) is 25.0. The van der Waals surface area contributed by atoms with Crippen LogP contribution in [0.15, 0.2) is 103 Å². The van der Waals surface area contributed by atoms with E-state index in [0.717, 1.165) is 6.42 Å². The zero-order chi connectivity index (χ0) is 45.8. The van der Waals surface area contributed by atoms with Crippen LogP contribution in [0.25, 0.3) is 11.1 Å². The molecule has 0 amide bonds. The van der Waals surface area contributed by atoms with Crippen molar-refractivity contribution in [3.63, 3.8) is 0 Å². The van der Waals surface area contributed by atoms with Crippen LogP contribution in [0.3, 0.4) is 0 Å². The summed E-state index contributed by atoms with van der Waals surface area (Å²) in [4.78, 5) is 5.41. The molecule has 2 aliphatic carbocycles. The summed E-state index contributed by atoms with van der Waals surface area (Å²) in [5, 5.41) is 0. The predicted octanol–water partition coefficient (Wildman–Crippen LogP) is 15.0. The number of hydrogen-bond acceptors (Lipinski definition) is 2. The second-order valence-electron chi connectivity index (χ2n) is 25.0. The van der Waals surface area contributed by atoms with E-state index in [1.54, 1.807) is 0 Å². The Morgan fingerprint density at radius 1 is 0.422 bits per heavy atom.